The second-order valence-corrected chi connectivity index (χ2v) is 9.04. The largest absolute Gasteiger partial charge is 0.356 e. The highest BCUT2D eigenvalue weighted by Gasteiger charge is 2.20. The van der Waals surface area contributed by atoms with Gasteiger partial charge in [0.25, 0.3) is 0 Å². The van der Waals surface area contributed by atoms with Crippen LogP contribution in [-0.2, 0) is 14.6 Å². The molecule has 9 heteroatoms. The molecule has 3 aromatic rings. The Morgan fingerprint density at radius 1 is 1.17 bits per heavy atom. The minimum Gasteiger partial charge on any atom is -0.356 e. The Morgan fingerprint density at radius 3 is 2.59 bits per heavy atom. The lowest BCUT2D eigenvalue weighted by Gasteiger charge is -2.10. The number of benzene rings is 2. The van der Waals surface area contributed by atoms with Crippen LogP contribution in [0.1, 0.15) is 17.7 Å². The van der Waals surface area contributed by atoms with Crippen LogP contribution >= 0.6 is 11.6 Å². The molecule has 0 aliphatic rings. The van der Waals surface area contributed by atoms with Gasteiger partial charge in [0.2, 0.25) is 5.91 Å². The number of amides is 1. The number of aryl methyl sites for hydroxylation is 2. The number of nitrogens with zero attached hydrogens (tertiary/aromatic N) is 1. The van der Waals surface area contributed by atoms with Gasteiger partial charge in [0.15, 0.2) is 15.6 Å². The zero-order valence-corrected chi connectivity index (χ0v) is 17.3. The Morgan fingerprint density at radius 2 is 1.93 bits per heavy atom. The molecule has 152 valence electrons. The smallest absolute Gasteiger partial charge is 0.225 e. The van der Waals surface area contributed by atoms with Crippen LogP contribution in [0.25, 0.3) is 11.3 Å². The number of nitrogens with one attached hydrogen (secondary N) is 1. The molecule has 2 aromatic carbocycles. The molecule has 1 amide bonds. The third-order valence-electron chi connectivity index (χ3n) is 4.24. The van der Waals surface area contributed by atoms with Gasteiger partial charge in [0.1, 0.15) is 5.82 Å². The Bertz CT molecular complexity index is 1170. The van der Waals surface area contributed by atoms with E-state index in [2.05, 4.69) is 10.5 Å². The summed E-state index contributed by atoms with van der Waals surface area (Å²) in [6.45, 7) is 3.45. The van der Waals surface area contributed by atoms with Gasteiger partial charge in [-0.25, -0.2) is 12.8 Å². The number of sulfone groups is 1. The number of anilines is 1. The molecule has 0 aliphatic heterocycles. The zero-order chi connectivity index (χ0) is 21.2. The lowest BCUT2D eigenvalue weighted by atomic mass is 10.1. The molecule has 0 radical (unpaired) electrons. The summed E-state index contributed by atoms with van der Waals surface area (Å²) >= 11 is 5.68. The van der Waals surface area contributed by atoms with Crippen molar-refractivity contribution in [2.24, 2.45) is 0 Å². The summed E-state index contributed by atoms with van der Waals surface area (Å²) in [6.07, 6.45) is -0.261. The van der Waals surface area contributed by atoms with Gasteiger partial charge in [-0.3, -0.25) is 4.79 Å². The van der Waals surface area contributed by atoms with Gasteiger partial charge >= 0.3 is 0 Å². The van der Waals surface area contributed by atoms with Gasteiger partial charge in [-0.05, 0) is 43.7 Å². The summed E-state index contributed by atoms with van der Waals surface area (Å²) in [5.41, 5.74) is 2.12. The fourth-order valence-electron chi connectivity index (χ4n) is 2.72. The lowest BCUT2D eigenvalue weighted by Crippen LogP contribution is -2.18. The summed E-state index contributed by atoms with van der Waals surface area (Å²) in [4.78, 5) is 12.3. The Labute approximate surface area is 172 Å². The molecular weight excluding hydrogens is 419 g/mol. The zero-order valence-electron chi connectivity index (χ0n) is 15.7. The van der Waals surface area contributed by atoms with Gasteiger partial charge in [0, 0.05) is 23.7 Å². The van der Waals surface area contributed by atoms with Crippen molar-refractivity contribution in [3.63, 3.8) is 0 Å². The van der Waals surface area contributed by atoms with Crippen LogP contribution in [0.4, 0.5) is 10.1 Å². The van der Waals surface area contributed by atoms with Gasteiger partial charge in [-0.1, -0.05) is 28.9 Å². The molecule has 0 saturated heterocycles. The summed E-state index contributed by atoms with van der Waals surface area (Å²) in [5, 5.41) is 6.19. The molecule has 6 nitrogen and oxygen atoms in total. The van der Waals surface area contributed by atoms with Crippen LogP contribution in [0.15, 0.2) is 51.9 Å². The normalized spacial score (nSPS) is 11.4. The second kappa shape index (κ2) is 8.34. The standard InChI is InChI=1S/C20H18ClFN2O4S/c1-12-3-4-14(18-9-13(2)24-28-18)10-19(12)29(26,27)8-7-20(25)23-15-5-6-17(22)16(21)11-15/h3-6,9-11H,7-8H2,1-2H3,(H,23,25). The highest BCUT2D eigenvalue weighted by atomic mass is 35.5. The van der Waals surface area contributed by atoms with Crippen molar-refractivity contribution in [3.8, 4) is 11.3 Å². The van der Waals surface area contributed by atoms with Crippen molar-refractivity contribution in [3.05, 3.63) is 64.6 Å². The van der Waals surface area contributed by atoms with E-state index in [4.69, 9.17) is 16.1 Å². The van der Waals surface area contributed by atoms with Crippen LogP contribution in [-0.4, -0.2) is 25.2 Å². The quantitative estimate of drug-likeness (QED) is 0.612. The fraction of sp³-hybridized carbons (Fsp3) is 0.200. The maximum Gasteiger partial charge on any atom is 0.225 e. The number of halogens is 2. The first-order chi connectivity index (χ1) is 13.7. The average Bonchev–Trinajstić information content (AvgIpc) is 3.10. The third kappa shape index (κ3) is 5.02. The highest BCUT2D eigenvalue weighted by Crippen LogP contribution is 2.27. The van der Waals surface area contributed by atoms with E-state index in [1.165, 1.54) is 18.2 Å². The van der Waals surface area contributed by atoms with Crippen LogP contribution < -0.4 is 5.32 Å². The lowest BCUT2D eigenvalue weighted by molar-refractivity contribution is -0.115. The van der Waals surface area contributed by atoms with E-state index in [1.807, 2.05) is 0 Å². The summed E-state index contributed by atoms with van der Waals surface area (Å²) in [6, 6.07) is 10.4. The molecule has 0 spiro atoms. The Hall–Kier alpha value is -2.71. The molecule has 0 bridgehead atoms. The van der Waals surface area contributed by atoms with Crippen molar-refractivity contribution in [2.75, 3.05) is 11.1 Å². The van der Waals surface area contributed by atoms with Gasteiger partial charge < -0.3 is 9.84 Å². The fourth-order valence-corrected chi connectivity index (χ4v) is 4.44. The molecule has 1 heterocycles. The van der Waals surface area contributed by atoms with Crippen LogP contribution in [0.5, 0.6) is 0 Å². The Balaban J connectivity index is 1.73. The van der Waals surface area contributed by atoms with Crippen LogP contribution in [0, 0.1) is 19.7 Å². The summed E-state index contributed by atoms with van der Waals surface area (Å²) in [7, 11) is -3.73. The van der Waals surface area contributed by atoms with Crippen molar-refractivity contribution >= 4 is 33.0 Å². The molecule has 29 heavy (non-hydrogen) atoms. The van der Waals surface area contributed by atoms with Crippen molar-refractivity contribution in [2.45, 2.75) is 25.2 Å². The molecule has 0 saturated carbocycles. The van der Waals surface area contributed by atoms with E-state index in [1.54, 1.807) is 32.0 Å². The first-order valence-corrected chi connectivity index (χ1v) is 10.7. The first kappa shape index (κ1) is 21.0. The number of carbonyl (C=O) groups is 1. The number of rotatable bonds is 6. The molecule has 0 atom stereocenters. The SMILES string of the molecule is Cc1cc(-c2ccc(C)c(S(=O)(=O)CCC(=O)Nc3ccc(F)c(Cl)c3)c2)on1. The van der Waals surface area contributed by atoms with E-state index < -0.39 is 21.6 Å². The predicted molar refractivity (Wildman–Crippen MR) is 108 cm³/mol. The van der Waals surface area contributed by atoms with Gasteiger partial charge in [0.05, 0.1) is 21.4 Å². The minimum absolute atomic E-state index is 0.127. The highest BCUT2D eigenvalue weighted by molar-refractivity contribution is 7.91. The van der Waals surface area contributed by atoms with Crippen LogP contribution in [0.2, 0.25) is 5.02 Å². The monoisotopic (exact) mass is 436 g/mol. The number of aromatic nitrogens is 1. The molecule has 0 aliphatic carbocycles. The second-order valence-electron chi connectivity index (χ2n) is 6.56. The molecule has 1 aromatic heterocycles. The van der Waals surface area contributed by atoms with E-state index in [9.17, 15) is 17.6 Å². The number of carbonyl (C=O) groups excluding carboxylic acids is 1. The van der Waals surface area contributed by atoms with Gasteiger partial charge in [-0.15, -0.1) is 0 Å². The van der Waals surface area contributed by atoms with Crippen LogP contribution in [0.3, 0.4) is 0 Å². The molecule has 0 unspecified atom stereocenters. The summed E-state index contributed by atoms with van der Waals surface area (Å²) in [5.74, 6) is -1.04. The van der Waals surface area contributed by atoms with Gasteiger partial charge in [-0.2, -0.15) is 0 Å². The third-order valence-corrected chi connectivity index (χ3v) is 6.38. The topological polar surface area (TPSA) is 89.3 Å². The number of hydrogen-bond acceptors (Lipinski definition) is 5. The molecule has 3 rings (SSSR count). The molecular formula is C20H18ClFN2O4S. The van der Waals surface area contributed by atoms with Crippen molar-refractivity contribution in [1.82, 2.24) is 5.16 Å². The number of hydrogen-bond donors (Lipinski definition) is 1. The van der Waals surface area contributed by atoms with E-state index in [0.29, 0.717) is 22.6 Å². The maximum absolute atomic E-state index is 13.2. The predicted octanol–water partition coefficient (Wildman–Crippen LogP) is 4.55. The van der Waals surface area contributed by atoms with Crippen molar-refractivity contribution in [1.29, 1.82) is 0 Å². The first-order valence-electron chi connectivity index (χ1n) is 8.68. The molecule has 0 fully saturated rings. The van der Waals surface area contributed by atoms with E-state index in [0.717, 1.165) is 6.07 Å². The molecule has 1 N–H and O–H groups in total. The minimum atomic E-state index is -3.73. The van der Waals surface area contributed by atoms with E-state index >= 15 is 0 Å². The summed E-state index contributed by atoms with van der Waals surface area (Å²) < 4.78 is 44.0. The van der Waals surface area contributed by atoms with Crippen molar-refractivity contribution < 1.29 is 22.1 Å². The van der Waals surface area contributed by atoms with E-state index in [-0.39, 0.29) is 27.8 Å². The Kier molecular flexibility index (Phi) is 6.04. The maximum atomic E-state index is 13.2. The average molecular weight is 437 g/mol.